The van der Waals surface area contributed by atoms with Crippen LogP contribution in [0.2, 0.25) is 0 Å². The molecule has 6 nitrogen and oxygen atoms in total. The minimum Gasteiger partial charge on any atom is -0.455 e. The normalized spacial score (nSPS) is 25.3. The van der Waals surface area contributed by atoms with E-state index in [1.165, 1.54) is 0 Å². The van der Waals surface area contributed by atoms with Crippen molar-refractivity contribution in [2.45, 2.75) is 37.9 Å². The number of aliphatic hydroxyl groups excluding tert-OH is 1. The lowest BCUT2D eigenvalue weighted by Crippen LogP contribution is -2.51. The molecule has 1 aliphatic heterocycles. The largest absolute Gasteiger partial charge is 0.455 e. The van der Waals surface area contributed by atoms with Gasteiger partial charge in [-0.1, -0.05) is 36.4 Å². The van der Waals surface area contributed by atoms with Crippen LogP contribution >= 0.6 is 0 Å². The van der Waals surface area contributed by atoms with Crippen molar-refractivity contribution in [1.29, 1.82) is 0 Å². The topological polar surface area (TPSA) is 82.1 Å². The molecule has 0 aliphatic carbocycles. The minimum atomic E-state index is -1.09. The second-order valence-electron chi connectivity index (χ2n) is 6.08. The molecule has 1 heterocycles. The number of benzene rings is 2. The summed E-state index contributed by atoms with van der Waals surface area (Å²) in [5, 5.41) is 9.85. The van der Waals surface area contributed by atoms with Gasteiger partial charge in [0.05, 0.1) is 17.2 Å². The summed E-state index contributed by atoms with van der Waals surface area (Å²) in [7, 11) is 0. The number of carbonyl (C=O) groups excluding carboxylic acids is 2. The van der Waals surface area contributed by atoms with E-state index in [1.807, 2.05) is 0 Å². The van der Waals surface area contributed by atoms with Gasteiger partial charge in [0.2, 0.25) is 0 Å². The Morgan fingerprint density at radius 2 is 1.42 bits per heavy atom. The maximum atomic E-state index is 12.4. The molecule has 0 unspecified atom stereocenters. The molecule has 0 aromatic heterocycles. The highest BCUT2D eigenvalue weighted by Crippen LogP contribution is 2.26. The maximum Gasteiger partial charge on any atom is 0.338 e. The van der Waals surface area contributed by atoms with Gasteiger partial charge >= 0.3 is 11.9 Å². The Kier molecular flexibility index (Phi) is 5.65. The lowest BCUT2D eigenvalue weighted by Gasteiger charge is -2.37. The van der Waals surface area contributed by atoms with Crippen molar-refractivity contribution in [3.05, 3.63) is 71.8 Å². The number of ether oxygens (including phenoxy) is 3. The summed E-state index contributed by atoms with van der Waals surface area (Å²) >= 11 is 0. The summed E-state index contributed by atoms with van der Waals surface area (Å²) in [6.07, 6.45) is -3.33. The summed E-state index contributed by atoms with van der Waals surface area (Å²) in [4.78, 5) is 24.7. The third kappa shape index (κ3) is 4.28. The second-order valence-corrected chi connectivity index (χ2v) is 6.08. The van der Waals surface area contributed by atoms with E-state index in [0.717, 1.165) is 0 Å². The molecule has 6 heteroatoms. The van der Waals surface area contributed by atoms with Crippen LogP contribution in [0.3, 0.4) is 0 Å². The summed E-state index contributed by atoms with van der Waals surface area (Å²) in [5.41, 5.74) is 0.772. The average Bonchev–Trinajstić information content (AvgIpc) is 2.65. The van der Waals surface area contributed by atoms with Crippen LogP contribution in [0.4, 0.5) is 0 Å². The molecule has 2 aromatic carbocycles. The Morgan fingerprint density at radius 1 is 0.923 bits per heavy atom. The van der Waals surface area contributed by atoms with E-state index in [2.05, 4.69) is 0 Å². The van der Waals surface area contributed by atoms with Gasteiger partial charge in [0, 0.05) is 6.42 Å². The Morgan fingerprint density at radius 3 is 1.96 bits per heavy atom. The van der Waals surface area contributed by atoms with Crippen LogP contribution in [0.1, 0.15) is 34.1 Å². The van der Waals surface area contributed by atoms with Gasteiger partial charge in [-0.05, 0) is 31.2 Å². The van der Waals surface area contributed by atoms with Gasteiger partial charge in [0.25, 0.3) is 0 Å². The van der Waals surface area contributed by atoms with Gasteiger partial charge in [-0.25, -0.2) is 9.59 Å². The Bertz CT molecular complexity index is 745. The van der Waals surface area contributed by atoms with Crippen LogP contribution in [-0.2, 0) is 14.2 Å². The highest BCUT2D eigenvalue weighted by atomic mass is 16.7. The number of esters is 2. The van der Waals surface area contributed by atoms with Gasteiger partial charge in [-0.15, -0.1) is 0 Å². The molecule has 2 aromatic rings. The first-order valence-electron chi connectivity index (χ1n) is 8.40. The van der Waals surface area contributed by atoms with E-state index in [-0.39, 0.29) is 6.42 Å². The first kappa shape index (κ1) is 18.1. The van der Waals surface area contributed by atoms with E-state index in [4.69, 9.17) is 14.2 Å². The fraction of sp³-hybridized carbons (Fsp3) is 0.300. The van der Waals surface area contributed by atoms with Crippen LogP contribution in [0, 0.1) is 0 Å². The number of rotatable bonds is 4. The summed E-state index contributed by atoms with van der Waals surface area (Å²) in [6, 6.07) is 17.0. The molecular formula is C20H20O6. The number of hydrogen-bond donors (Lipinski definition) is 1. The Labute approximate surface area is 151 Å². The smallest absolute Gasteiger partial charge is 0.338 e. The SMILES string of the molecule is C[C@H]1O[C@H](O)C[C@@H](OC(=O)c2ccccc2)[C@H]1OC(=O)c1ccccc1. The van der Waals surface area contributed by atoms with E-state index >= 15 is 0 Å². The van der Waals surface area contributed by atoms with E-state index in [0.29, 0.717) is 11.1 Å². The third-order valence-corrected chi connectivity index (χ3v) is 4.16. The van der Waals surface area contributed by atoms with Crippen molar-refractivity contribution in [3.63, 3.8) is 0 Å². The third-order valence-electron chi connectivity index (χ3n) is 4.16. The number of hydrogen-bond acceptors (Lipinski definition) is 6. The van der Waals surface area contributed by atoms with Crippen LogP contribution in [0.25, 0.3) is 0 Å². The summed E-state index contributed by atoms with van der Waals surface area (Å²) in [6.45, 7) is 1.66. The molecule has 0 saturated carbocycles. The maximum absolute atomic E-state index is 12.4. The van der Waals surface area contributed by atoms with E-state index < -0.39 is 36.5 Å². The molecule has 0 radical (unpaired) electrons. The van der Waals surface area contributed by atoms with E-state index in [9.17, 15) is 14.7 Å². The molecule has 1 N–H and O–H groups in total. The van der Waals surface area contributed by atoms with Crippen molar-refractivity contribution in [2.75, 3.05) is 0 Å². The van der Waals surface area contributed by atoms with Gasteiger partial charge < -0.3 is 19.3 Å². The predicted octanol–water partition coefficient (Wildman–Crippen LogP) is 2.56. The zero-order chi connectivity index (χ0) is 18.5. The van der Waals surface area contributed by atoms with E-state index in [1.54, 1.807) is 67.6 Å². The van der Waals surface area contributed by atoms with Crippen molar-refractivity contribution in [2.24, 2.45) is 0 Å². The Hall–Kier alpha value is -2.70. The molecule has 4 atom stereocenters. The lowest BCUT2D eigenvalue weighted by molar-refractivity contribution is -0.226. The van der Waals surface area contributed by atoms with Crippen LogP contribution < -0.4 is 0 Å². The predicted molar refractivity (Wildman–Crippen MR) is 92.5 cm³/mol. The number of aliphatic hydroxyl groups is 1. The lowest BCUT2D eigenvalue weighted by atomic mass is 10.0. The monoisotopic (exact) mass is 356 g/mol. The highest BCUT2D eigenvalue weighted by Gasteiger charge is 2.41. The van der Waals surface area contributed by atoms with Crippen LogP contribution in [0.5, 0.6) is 0 Å². The van der Waals surface area contributed by atoms with Gasteiger partial charge in [-0.2, -0.15) is 0 Å². The Balaban J connectivity index is 1.74. The van der Waals surface area contributed by atoms with Crippen molar-refractivity contribution >= 4 is 11.9 Å². The fourth-order valence-electron chi connectivity index (χ4n) is 2.85. The first-order valence-corrected chi connectivity index (χ1v) is 8.40. The molecular weight excluding hydrogens is 336 g/mol. The molecule has 0 bridgehead atoms. The van der Waals surface area contributed by atoms with Crippen molar-refractivity contribution < 1.29 is 28.9 Å². The molecule has 0 spiro atoms. The number of carbonyl (C=O) groups is 2. The second kappa shape index (κ2) is 8.12. The summed E-state index contributed by atoms with van der Waals surface area (Å²) in [5.74, 6) is -1.08. The highest BCUT2D eigenvalue weighted by molar-refractivity contribution is 5.90. The first-order chi connectivity index (χ1) is 12.5. The molecule has 1 fully saturated rings. The molecule has 136 valence electrons. The molecule has 1 saturated heterocycles. The van der Waals surface area contributed by atoms with Crippen molar-refractivity contribution in [1.82, 2.24) is 0 Å². The molecule has 3 rings (SSSR count). The van der Waals surface area contributed by atoms with Gasteiger partial charge in [-0.3, -0.25) is 0 Å². The fourth-order valence-corrected chi connectivity index (χ4v) is 2.85. The average molecular weight is 356 g/mol. The van der Waals surface area contributed by atoms with Crippen molar-refractivity contribution in [3.8, 4) is 0 Å². The zero-order valence-electron chi connectivity index (χ0n) is 14.3. The van der Waals surface area contributed by atoms with Gasteiger partial charge in [0.15, 0.2) is 12.4 Å². The summed E-state index contributed by atoms with van der Waals surface area (Å²) < 4.78 is 16.4. The molecule has 0 amide bonds. The zero-order valence-corrected chi connectivity index (χ0v) is 14.3. The standard InChI is InChI=1S/C20H20O6/c1-13-18(26-20(23)15-10-6-3-7-11-15)16(12-17(21)24-13)25-19(22)14-8-4-2-5-9-14/h2-11,13,16-18,21H,12H2,1H3/t13-,16-,17+,18+/m1/s1. The molecule has 26 heavy (non-hydrogen) atoms. The minimum absolute atomic E-state index is 0.0235. The van der Waals surface area contributed by atoms with Crippen LogP contribution in [-0.4, -0.2) is 41.6 Å². The van der Waals surface area contributed by atoms with Crippen LogP contribution in [0.15, 0.2) is 60.7 Å². The van der Waals surface area contributed by atoms with Gasteiger partial charge in [0.1, 0.15) is 6.10 Å². The quantitative estimate of drug-likeness (QED) is 0.848. The molecule has 1 aliphatic rings.